The molecule has 2 aromatic heterocycles. The van der Waals surface area contributed by atoms with Gasteiger partial charge in [0.15, 0.2) is 6.10 Å². The van der Waals surface area contributed by atoms with Gasteiger partial charge in [-0.05, 0) is 49.6 Å². The monoisotopic (exact) mass is 415 g/mol. The number of carbonyl (C=O) groups is 2. The van der Waals surface area contributed by atoms with Crippen molar-refractivity contribution in [3.63, 3.8) is 0 Å². The quantitative estimate of drug-likeness (QED) is 0.531. The standard InChI is InChI=1S/C20H21N3O5S/c1-3-26-16-6-4-15(5-7-16)21-20(25)13(2)27-18(24)9-8-17-22-19(23-28-17)14-10-11-29-12-14/h4-7,10-13H,3,8-9H2,1-2H3,(H,21,25)/t13-/m1/s1. The molecule has 2 heterocycles. The Morgan fingerprint density at radius 1 is 1.24 bits per heavy atom. The molecule has 3 rings (SSSR count). The Hall–Kier alpha value is -3.20. The minimum absolute atomic E-state index is 0.0337. The Bertz CT molecular complexity index is 937. The van der Waals surface area contributed by atoms with Gasteiger partial charge in [0.2, 0.25) is 11.7 Å². The van der Waals surface area contributed by atoms with Crippen LogP contribution in [0.5, 0.6) is 5.75 Å². The smallest absolute Gasteiger partial charge is 0.307 e. The molecule has 0 aliphatic carbocycles. The maximum atomic E-state index is 12.2. The van der Waals surface area contributed by atoms with Gasteiger partial charge in [0.25, 0.3) is 5.91 Å². The number of benzene rings is 1. The number of carbonyl (C=O) groups excluding carboxylic acids is 2. The van der Waals surface area contributed by atoms with Crippen LogP contribution in [0.15, 0.2) is 45.6 Å². The molecule has 0 unspecified atom stereocenters. The van der Waals surface area contributed by atoms with Crippen molar-refractivity contribution in [2.24, 2.45) is 0 Å². The van der Waals surface area contributed by atoms with Gasteiger partial charge >= 0.3 is 5.97 Å². The molecule has 0 saturated carbocycles. The number of anilines is 1. The Morgan fingerprint density at radius 3 is 2.72 bits per heavy atom. The topological polar surface area (TPSA) is 104 Å². The lowest BCUT2D eigenvalue weighted by Gasteiger charge is -2.13. The second kappa shape index (κ2) is 9.83. The number of amides is 1. The summed E-state index contributed by atoms with van der Waals surface area (Å²) < 4.78 is 15.7. The molecular formula is C20H21N3O5S. The molecule has 0 aliphatic heterocycles. The van der Waals surface area contributed by atoms with Gasteiger partial charge in [-0.25, -0.2) is 0 Å². The molecule has 152 valence electrons. The first-order valence-corrected chi connectivity index (χ1v) is 10.1. The zero-order valence-corrected chi connectivity index (χ0v) is 16.9. The van der Waals surface area contributed by atoms with E-state index in [9.17, 15) is 9.59 Å². The molecule has 1 aromatic carbocycles. The molecule has 1 atom stereocenters. The van der Waals surface area contributed by atoms with Crippen molar-refractivity contribution >= 4 is 28.9 Å². The van der Waals surface area contributed by atoms with E-state index in [4.69, 9.17) is 14.0 Å². The van der Waals surface area contributed by atoms with Gasteiger partial charge in [0.1, 0.15) is 5.75 Å². The minimum atomic E-state index is -0.932. The second-order valence-electron chi connectivity index (χ2n) is 6.10. The average Bonchev–Trinajstić information content (AvgIpc) is 3.40. The van der Waals surface area contributed by atoms with Crippen LogP contribution >= 0.6 is 11.3 Å². The Labute approximate surface area is 171 Å². The van der Waals surface area contributed by atoms with Crippen LogP contribution in [-0.4, -0.2) is 34.7 Å². The van der Waals surface area contributed by atoms with E-state index in [0.717, 1.165) is 5.56 Å². The summed E-state index contributed by atoms with van der Waals surface area (Å²) in [5.74, 6) is 0.607. The second-order valence-corrected chi connectivity index (χ2v) is 6.88. The molecule has 8 nitrogen and oxygen atoms in total. The maximum Gasteiger partial charge on any atom is 0.307 e. The molecule has 0 fully saturated rings. The molecule has 0 saturated heterocycles. The Kier molecular flexibility index (Phi) is 6.96. The zero-order valence-electron chi connectivity index (χ0n) is 16.1. The average molecular weight is 415 g/mol. The molecule has 29 heavy (non-hydrogen) atoms. The van der Waals surface area contributed by atoms with Gasteiger partial charge in [-0.3, -0.25) is 9.59 Å². The van der Waals surface area contributed by atoms with Crippen molar-refractivity contribution in [1.29, 1.82) is 0 Å². The van der Waals surface area contributed by atoms with E-state index in [0.29, 0.717) is 29.8 Å². The van der Waals surface area contributed by atoms with E-state index in [1.165, 1.54) is 18.3 Å². The number of aromatic nitrogens is 2. The molecular weight excluding hydrogens is 394 g/mol. The van der Waals surface area contributed by atoms with Crippen molar-refractivity contribution in [1.82, 2.24) is 10.1 Å². The predicted molar refractivity (Wildman–Crippen MR) is 108 cm³/mol. The van der Waals surface area contributed by atoms with Crippen LogP contribution in [0.1, 0.15) is 26.2 Å². The Morgan fingerprint density at radius 2 is 2.03 bits per heavy atom. The number of ether oxygens (including phenoxy) is 2. The molecule has 0 bridgehead atoms. The lowest BCUT2D eigenvalue weighted by molar-refractivity contribution is -0.153. The normalized spacial score (nSPS) is 11.7. The summed E-state index contributed by atoms with van der Waals surface area (Å²) in [6.07, 6.45) is -0.659. The fourth-order valence-electron chi connectivity index (χ4n) is 2.43. The molecule has 1 amide bonds. The lowest BCUT2D eigenvalue weighted by atomic mass is 10.2. The van der Waals surface area contributed by atoms with Crippen LogP contribution in [0.25, 0.3) is 11.4 Å². The Balaban J connectivity index is 1.44. The minimum Gasteiger partial charge on any atom is -0.494 e. The van der Waals surface area contributed by atoms with Crippen LogP contribution in [0.3, 0.4) is 0 Å². The number of hydrogen-bond acceptors (Lipinski definition) is 8. The lowest BCUT2D eigenvalue weighted by Crippen LogP contribution is -2.30. The van der Waals surface area contributed by atoms with E-state index in [1.807, 2.05) is 23.8 Å². The van der Waals surface area contributed by atoms with E-state index in [-0.39, 0.29) is 12.8 Å². The summed E-state index contributed by atoms with van der Waals surface area (Å²) >= 11 is 1.53. The first kappa shape index (κ1) is 20.5. The summed E-state index contributed by atoms with van der Waals surface area (Å²) in [4.78, 5) is 28.5. The van der Waals surface area contributed by atoms with Gasteiger partial charge in [0, 0.05) is 23.1 Å². The third-order valence-electron chi connectivity index (χ3n) is 3.90. The summed E-state index contributed by atoms with van der Waals surface area (Å²) in [6.45, 7) is 3.98. The van der Waals surface area contributed by atoms with Crippen molar-refractivity contribution in [2.45, 2.75) is 32.8 Å². The number of aryl methyl sites for hydroxylation is 1. The number of thiophene rings is 1. The van der Waals surface area contributed by atoms with Crippen LogP contribution in [0.4, 0.5) is 5.69 Å². The third kappa shape index (κ3) is 5.89. The van der Waals surface area contributed by atoms with E-state index < -0.39 is 18.0 Å². The van der Waals surface area contributed by atoms with Crippen LogP contribution < -0.4 is 10.1 Å². The van der Waals surface area contributed by atoms with Gasteiger partial charge in [-0.15, -0.1) is 0 Å². The van der Waals surface area contributed by atoms with Gasteiger partial charge in [-0.1, -0.05) is 5.16 Å². The van der Waals surface area contributed by atoms with E-state index in [1.54, 1.807) is 24.3 Å². The van der Waals surface area contributed by atoms with Crippen molar-refractivity contribution in [3.05, 3.63) is 47.0 Å². The first-order chi connectivity index (χ1) is 14.0. The maximum absolute atomic E-state index is 12.2. The summed E-state index contributed by atoms with van der Waals surface area (Å²) in [6, 6.07) is 8.84. The highest BCUT2D eigenvalue weighted by molar-refractivity contribution is 7.08. The molecule has 9 heteroatoms. The van der Waals surface area contributed by atoms with Crippen molar-refractivity contribution in [2.75, 3.05) is 11.9 Å². The van der Waals surface area contributed by atoms with Crippen molar-refractivity contribution in [3.8, 4) is 17.1 Å². The third-order valence-corrected chi connectivity index (χ3v) is 4.58. The zero-order chi connectivity index (χ0) is 20.6. The fraction of sp³-hybridized carbons (Fsp3) is 0.300. The highest BCUT2D eigenvalue weighted by Gasteiger charge is 2.19. The van der Waals surface area contributed by atoms with E-state index >= 15 is 0 Å². The predicted octanol–water partition coefficient (Wildman–Crippen LogP) is 3.70. The molecule has 3 aromatic rings. The molecule has 1 N–H and O–H groups in total. The first-order valence-electron chi connectivity index (χ1n) is 9.13. The highest BCUT2D eigenvalue weighted by atomic mass is 32.1. The molecule has 0 radical (unpaired) electrons. The fourth-order valence-corrected chi connectivity index (χ4v) is 3.06. The number of nitrogens with one attached hydrogen (secondary N) is 1. The van der Waals surface area contributed by atoms with Crippen LogP contribution in [0, 0.1) is 0 Å². The molecule has 0 spiro atoms. The van der Waals surface area contributed by atoms with Gasteiger partial charge in [0.05, 0.1) is 13.0 Å². The number of esters is 1. The van der Waals surface area contributed by atoms with Crippen LogP contribution in [0.2, 0.25) is 0 Å². The van der Waals surface area contributed by atoms with E-state index in [2.05, 4.69) is 15.5 Å². The highest BCUT2D eigenvalue weighted by Crippen LogP contribution is 2.19. The summed E-state index contributed by atoms with van der Waals surface area (Å²) in [5, 5.41) is 10.4. The number of rotatable bonds is 9. The summed E-state index contributed by atoms with van der Waals surface area (Å²) in [5.41, 5.74) is 1.46. The SMILES string of the molecule is CCOc1ccc(NC(=O)[C@@H](C)OC(=O)CCc2nc(-c3ccsc3)no2)cc1. The largest absolute Gasteiger partial charge is 0.494 e. The number of hydrogen-bond donors (Lipinski definition) is 1. The van der Waals surface area contributed by atoms with Gasteiger partial charge < -0.3 is 19.3 Å². The molecule has 0 aliphatic rings. The van der Waals surface area contributed by atoms with Crippen LogP contribution in [-0.2, 0) is 20.7 Å². The number of nitrogens with zero attached hydrogens (tertiary/aromatic N) is 2. The van der Waals surface area contributed by atoms with Crippen molar-refractivity contribution < 1.29 is 23.6 Å². The van der Waals surface area contributed by atoms with Gasteiger partial charge in [-0.2, -0.15) is 16.3 Å². The summed E-state index contributed by atoms with van der Waals surface area (Å²) in [7, 11) is 0.